The Hall–Kier alpha value is -5.52. The first kappa shape index (κ1) is 46.5. The SMILES string of the molecule is O=C([O-])C(F)(F)F.O=C([O-])C(F)(F)F.O=C1OC(c2ccccc2)=N/C1=C\c1[c-]cccc1.O=C1OC(c2ccccc2)=N/C1=C\c1[c-]cccc1.[Pd+2].[Pd+2]. The molecular weight excluding hydrogens is 915 g/mol. The molecule has 2 aliphatic heterocycles. The van der Waals surface area contributed by atoms with Crippen molar-refractivity contribution in [1.29, 1.82) is 0 Å². The Bertz CT molecular complexity index is 1840. The molecule has 6 rings (SSSR count). The van der Waals surface area contributed by atoms with Gasteiger partial charge in [-0.2, -0.15) is 26.3 Å². The molecule has 0 saturated heterocycles. The number of nitrogens with zero attached hydrogens (tertiary/aromatic N) is 2. The van der Waals surface area contributed by atoms with E-state index in [9.17, 15) is 35.9 Å². The average molecular weight is 935 g/mol. The third-order valence-corrected chi connectivity index (χ3v) is 5.80. The average Bonchev–Trinajstić information content (AvgIpc) is 3.67. The fourth-order valence-electron chi connectivity index (χ4n) is 3.52. The van der Waals surface area contributed by atoms with Gasteiger partial charge >= 0.3 is 65.1 Å². The minimum Gasteiger partial charge on any atom is -0.542 e. The first-order chi connectivity index (χ1) is 24.5. The molecule has 2 heterocycles. The number of cyclic esters (lactones) is 2. The second-order valence-corrected chi connectivity index (χ2v) is 9.61. The number of hydrogen-bond acceptors (Lipinski definition) is 10. The van der Waals surface area contributed by atoms with Gasteiger partial charge in [0.05, 0.1) is 0 Å². The Kier molecular flexibility index (Phi) is 18.8. The van der Waals surface area contributed by atoms with Crippen LogP contribution in [0.1, 0.15) is 22.3 Å². The molecule has 0 aromatic heterocycles. The van der Waals surface area contributed by atoms with Crippen molar-refractivity contribution in [3.8, 4) is 0 Å². The summed E-state index contributed by atoms with van der Waals surface area (Å²) in [7, 11) is 0. The van der Waals surface area contributed by atoms with Crippen LogP contribution in [0.15, 0.2) is 131 Å². The van der Waals surface area contributed by atoms with E-state index in [1.54, 1.807) is 24.3 Å². The van der Waals surface area contributed by atoms with Crippen molar-refractivity contribution in [3.63, 3.8) is 0 Å². The number of hydrogen-bond donors (Lipinski definition) is 0. The van der Waals surface area contributed by atoms with Gasteiger partial charge in [0.2, 0.25) is 11.8 Å². The second kappa shape index (κ2) is 21.9. The van der Waals surface area contributed by atoms with Gasteiger partial charge in [-0.15, -0.1) is 83.9 Å². The molecule has 4 aromatic carbocycles. The fourth-order valence-corrected chi connectivity index (χ4v) is 3.52. The molecule has 2 aliphatic rings. The zero-order chi connectivity index (χ0) is 38.3. The predicted molar refractivity (Wildman–Crippen MR) is 167 cm³/mol. The molecule has 0 amide bonds. The molecule has 10 nitrogen and oxygen atoms in total. The van der Waals surface area contributed by atoms with Gasteiger partial charge < -0.3 is 29.3 Å². The normalized spacial score (nSPS) is 14.4. The van der Waals surface area contributed by atoms with Gasteiger partial charge in [0.25, 0.3) is 0 Å². The van der Waals surface area contributed by atoms with E-state index in [1.807, 2.05) is 97.1 Å². The van der Waals surface area contributed by atoms with Crippen molar-refractivity contribution in [2.24, 2.45) is 9.98 Å². The largest absolute Gasteiger partial charge is 2.00 e. The topological polar surface area (TPSA) is 158 Å². The zero-order valence-corrected chi connectivity index (χ0v) is 29.7. The summed E-state index contributed by atoms with van der Waals surface area (Å²) in [6.45, 7) is 0. The number of halogens is 6. The Balaban J connectivity index is 0.000000393. The molecular formula is C36H20F6N2O8Pd2. The molecule has 4 aromatic rings. The number of rotatable bonds is 4. The van der Waals surface area contributed by atoms with E-state index in [1.165, 1.54) is 0 Å². The summed E-state index contributed by atoms with van der Waals surface area (Å²) in [4.78, 5) is 49.5. The van der Waals surface area contributed by atoms with Crippen LogP contribution in [-0.4, -0.2) is 48.0 Å². The number of carbonyl (C=O) groups is 4. The van der Waals surface area contributed by atoms with Crippen LogP contribution in [0.5, 0.6) is 0 Å². The Morgan fingerprint density at radius 1 is 0.556 bits per heavy atom. The van der Waals surface area contributed by atoms with Crippen molar-refractivity contribution in [3.05, 3.63) is 155 Å². The standard InChI is InChI=1S/2C16H10NO2.2C2HF3O2.2Pd/c2*18-16-14(11-12-7-3-1-4-8-12)17-15(19-16)13-9-5-2-6-10-13;2*3-2(4,5)1(6)7;;/h2*1-7,9-11H;2*(H,6,7);;/q2*-1;;;2*+2/p-2/b2*14-11-;;;;. The van der Waals surface area contributed by atoms with Gasteiger partial charge in [-0.3, -0.25) is 0 Å². The quantitative estimate of drug-likeness (QED) is 0.0967. The number of carboxylic acids is 2. The maximum absolute atomic E-state index is 11.7. The maximum Gasteiger partial charge on any atom is 2.00 e. The summed E-state index contributed by atoms with van der Waals surface area (Å²) in [5.74, 6) is -6.20. The third-order valence-electron chi connectivity index (χ3n) is 5.80. The third kappa shape index (κ3) is 15.6. The molecule has 54 heavy (non-hydrogen) atoms. The number of aliphatic imine (C=N–C) groups is 2. The van der Waals surface area contributed by atoms with E-state index in [0.29, 0.717) is 23.2 Å². The molecule has 0 bridgehead atoms. The Morgan fingerprint density at radius 2 is 0.852 bits per heavy atom. The number of carboxylic acid groups (broad SMARTS) is 2. The number of carbonyl (C=O) groups excluding carboxylic acids is 4. The minimum atomic E-state index is -5.19. The second-order valence-electron chi connectivity index (χ2n) is 9.61. The summed E-state index contributed by atoms with van der Waals surface area (Å²) in [6, 6.07) is 39.5. The summed E-state index contributed by atoms with van der Waals surface area (Å²) < 4.78 is 73.4. The van der Waals surface area contributed by atoms with Crippen LogP contribution in [0.25, 0.3) is 12.2 Å². The molecule has 0 radical (unpaired) electrons. The molecule has 0 aliphatic carbocycles. The number of aliphatic carboxylic acids is 2. The van der Waals surface area contributed by atoms with Gasteiger partial charge in [0.15, 0.2) is 0 Å². The molecule has 0 saturated carbocycles. The van der Waals surface area contributed by atoms with Gasteiger partial charge in [-0.1, -0.05) is 36.4 Å². The van der Waals surface area contributed by atoms with Crippen LogP contribution in [0.2, 0.25) is 0 Å². The summed E-state index contributed by atoms with van der Waals surface area (Å²) in [5.41, 5.74) is 3.76. The monoisotopic (exact) mass is 934 g/mol. The zero-order valence-electron chi connectivity index (χ0n) is 26.6. The van der Waals surface area contributed by atoms with Crippen molar-refractivity contribution in [2.75, 3.05) is 0 Å². The van der Waals surface area contributed by atoms with Crippen molar-refractivity contribution >= 4 is 47.8 Å². The van der Waals surface area contributed by atoms with Crippen LogP contribution in [0.3, 0.4) is 0 Å². The summed E-state index contributed by atoms with van der Waals surface area (Å²) >= 11 is 0. The van der Waals surface area contributed by atoms with Gasteiger partial charge in [0.1, 0.15) is 23.3 Å². The molecule has 0 N–H and O–H groups in total. The van der Waals surface area contributed by atoms with E-state index in [2.05, 4.69) is 22.1 Å². The van der Waals surface area contributed by atoms with Gasteiger partial charge in [0, 0.05) is 11.1 Å². The van der Waals surface area contributed by atoms with E-state index in [0.717, 1.165) is 22.3 Å². The van der Waals surface area contributed by atoms with E-state index < -0.39 is 36.2 Å². The van der Waals surface area contributed by atoms with Crippen molar-refractivity contribution in [1.82, 2.24) is 0 Å². The minimum absolute atomic E-state index is 0. The Labute approximate surface area is 329 Å². The summed E-state index contributed by atoms with van der Waals surface area (Å²) in [6.07, 6.45) is -7.06. The van der Waals surface area contributed by atoms with E-state index in [-0.39, 0.29) is 40.8 Å². The smallest absolute Gasteiger partial charge is 0.542 e. The van der Waals surface area contributed by atoms with Crippen molar-refractivity contribution < 1.29 is 106 Å². The Morgan fingerprint density at radius 3 is 1.11 bits per heavy atom. The number of benzene rings is 4. The number of ether oxygens (including phenoxy) is 2. The fraction of sp³-hybridized carbons (Fsp3) is 0.0556. The van der Waals surface area contributed by atoms with Crippen LogP contribution in [0, 0.1) is 12.1 Å². The first-order valence-corrected chi connectivity index (χ1v) is 14.2. The molecule has 0 spiro atoms. The molecule has 18 heteroatoms. The summed E-state index contributed by atoms with van der Waals surface area (Å²) in [5, 5.41) is 17.6. The van der Waals surface area contributed by atoms with Crippen LogP contribution in [0.4, 0.5) is 26.3 Å². The molecule has 284 valence electrons. The number of esters is 2. The van der Waals surface area contributed by atoms with Gasteiger partial charge in [-0.05, 0) is 24.3 Å². The number of alkyl halides is 6. The predicted octanol–water partition coefficient (Wildman–Crippen LogP) is 4.25. The van der Waals surface area contributed by atoms with Crippen LogP contribution >= 0.6 is 0 Å². The molecule has 0 unspecified atom stereocenters. The van der Waals surface area contributed by atoms with Crippen LogP contribution < -0.4 is 10.2 Å². The first-order valence-electron chi connectivity index (χ1n) is 14.2. The molecule has 0 atom stereocenters. The van der Waals surface area contributed by atoms with Gasteiger partial charge in [-0.25, -0.2) is 19.6 Å². The van der Waals surface area contributed by atoms with Crippen molar-refractivity contribution in [2.45, 2.75) is 12.4 Å². The molecule has 0 fully saturated rings. The van der Waals surface area contributed by atoms with E-state index in [4.69, 9.17) is 29.3 Å². The van der Waals surface area contributed by atoms with E-state index >= 15 is 0 Å². The van der Waals surface area contributed by atoms with Crippen LogP contribution in [-0.2, 0) is 69.5 Å². The maximum atomic E-state index is 11.7.